The number of hydrogen-bond acceptors (Lipinski definition) is 5. The number of carbonyl (C=O) groups is 3. The number of carbonyl (C=O) groups excluding carboxylic acids is 3. The zero-order valence-electron chi connectivity index (χ0n) is 13.7. The summed E-state index contributed by atoms with van der Waals surface area (Å²) in [6, 6.07) is 5.97. The standard InChI is InChI=1S/C16H17N5O3S/c1-8-14(9(2)21-20-8)25-12-6-4-3-5-10(12)17-13(22)7-11-15(23)19-16(24)18-11/h3-6,11H,7H2,1-2H3,(H,17,22)(H,20,21)(H2,18,19,23,24)/t11-/m0/s1. The van der Waals surface area contributed by atoms with Gasteiger partial charge in [-0.25, -0.2) is 4.79 Å². The van der Waals surface area contributed by atoms with Gasteiger partial charge in [-0.2, -0.15) is 5.10 Å². The summed E-state index contributed by atoms with van der Waals surface area (Å²) in [6.45, 7) is 3.85. The molecule has 1 aliphatic heterocycles. The smallest absolute Gasteiger partial charge is 0.322 e. The van der Waals surface area contributed by atoms with Crippen molar-refractivity contribution in [1.82, 2.24) is 20.8 Å². The first-order valence-electron chi connectivity index (χ1n) is 7.63. The van der Waals surface area contributed by atoms with Gasteiger partial charge in [0.2, 0.25) is 5.91 Å². The van der Waals surface area contributed by atoms with E-state index < -0.39 is 18.0 Å². The van der Waals surface area contributed by atoms with Crippen molar-refractivity contribution in [2.45, 2.75) is 36.1 Å². The van der Waals surface area contributed by atoms with E-state index in [1.54, 1.807) is 6.07 Å². The van der Waals surface area contributed by atoms with Crippen LogP contribution in [0.5, 0.6) is 0 Å². The van der Waals surface area contributed by atoms with Gasteiger partial charge in [0.1, 0.15) is 6.04 Å². The highest BCUT2D eigenvalue weighted by Crippen LogP contribution is 2.36. The molecule has 2 aromatic rings. The Morgan fingerprint density at radius 1 is 1.28 bits per heavy atom. The molecular formula is C16H17N5O3S. The van der Waals surface area contributed by atoms with Gasteiger partial charge in [-0.05, 0) is 26.0 Å². The van der Waals surface area contributed by atoms with E-state index in [1.807, 2.05) is 32.0 Å². The lowest BCUT2D eigenvalue weighted by Gasteiger charge is -2.12. The second-order valence-corrected chi connectivity index (χ2v) is 6.68. The number of benzene rings is 1. The predicted octanol–water partition coefficient (Wildman–Crippen LogP) is 1.71. The first-order chi connectivity index (χ1) is 11.9. The summed E-state index contributed by atoms with van der Waals surface area (Å²) in [5.74, 6) is -0.844. The summed E-state index contributed by atoms with van der Waals surface area (Å²) >= 11 is 1.50. The largest absolute Gasteiger partial charge is 0.325 e. The van der Waals surface area contributed by atoms with Crippen molar-refractivity contribution in [2.24, 2.45) is 0 Å². The molecule has 1 aromatic heterocycles. The number of aryl methyl sites for hydroxylation is 2. The number of hydrogen-bond donors (Lipinski definition) is 4. The van der Waals surface area contributed by atoms with Crippen molar-refractivity contribution in [3.63, 3.8) is 0 Å². The van der Waals surface area contributed by atoms with E-state index in [-0.39, 0.29) is 12.3 Å². The second kappa shape index (κ2) is 6.98. The van der Waals surface area contributed by atoms with Crippen LogP contribution in [0.4, 0.5) is 10.5 Å². The molecule has 130 valence electrons. The first kappa shape index (κ1) is 17.0. The third-order valence-corrected chi connectivity index (χ3v) is 5.06. The molecule has 1 aromatic carbocycles. The average molecular weight is 359 g/mol. The number of rotatable bonds is 5. The zero-order chi connectivity index (χ0) is 18.0. The number of aromatic nitrogens is 2. The van der Waals surface area contributed by atoms with Crippen molar-refractivity contribution in [2.75, 3.05) is 5.32 Å². The van der Waals surface area contributed by atoms with E-state index in [1.165, 1.54) is 11.8 Å². The molecule has 0 bridgehead atoms. The van der Waals surface area contributed by atoms with E-state index >= 15 is 0 Å². The van der Waals surface area contributed by atoms with Crippen LogP contribution >= 0.6 is 11.8 Å². The van der Waals surface area contributed by atoms with Gasteiger partial charge in [0.25, 0.3) is 5.91 Å². The minimum absolute atomic E-state index is 0.125. The maximum Gasteiger partial charge on any atom is 0.322 e. The molecule has 0 radical (unpaired) electrons. The topological polar surface area (TPSA) is 116 Å². The van der Waals surface area contributed by atoms with Crippen LogP contribution in [0.2, 0.25) is 0 Å². The number of urea groups is 1. The lowest BCUT2D eigenvalue weighted by molar-refractivity contribution is -0.124. The van der Waals surface area contributed by atoms with Crippen molar-refractivity contribution in [3.05, 3.63) is 35.7 Å². The first-order valence-corrected chi connectivity index (χ1v) is 8.45. The Morgan fingerprint density at radius 3 is 2.68 bits per heavy atom. The van der Waals surface area contributed by atoms with Crippen LogP contribution in [-0.2, 0) is 9.59 Å². The summed E-state index contributed by atoms with van der Waals surface area (Å²) in [5, 5.41) is 14.4. The number of H-pyrrole nitrogens is 1. The van der Waals surface area contributed by atoms with Gasteiger partial charge in [0.05, 0.1) is 22.7 Å². The highest BCUT2D eigenvalue weighted by molar-refractivity contribution is 7.99. The van der Waals surface area contributed by atoms with Crippen molar-refractivity contribution in [1.29, 1.82) is 0 Å². The van der Waals surface area contributed by atoms with Crippen LogP contribution in [-0.4, -0.2) is 34.1 Å². The van der Waals surface area contributed by atoms with E-state index in [2.05, 4.69) is 26.1 Å². The van der Waals surface area contributed by atoms with Crippen molar-refractivity contribution < 1.29 is 14.4 Å². The van der Waals surface area contributed by atoms with Gasteiger partial charge in [0, 0.05) is 10.6 Å². The highest BCUT2D eigenvalue weighted by Gasteiger charge is 2.31. The van der Waals surface area contributed by atoms with E-state index in [0.717, 1.165) is 21.2 Å². The Kier molecular flexibility index (Phi) is 4.75. The Balaban J connectivity index is 1.72. The summed E-state index contributed by atoms with van der Waals surface area (Å²) in [7, 11) is 0. The molecule has 1 aliphatic rings. The van der Waals surface area contributed by atoms with Gasteiger partial charge in [-0.3, -0.25) is 20.0 Å². The number of amides is 4. The second-order valence-electron chi connectivity index (χ2n) is 5.63. The lowest BCUT2D eigenvalue weighted by Crippen LogP contribution is -2.33. The minimum atomic E-state index is -0.842. The number of nitrogens with one attached hydrogen (secondary N) is 4. The molecular weight excluding hydrogens is 342 g/mol. The number of anilines is 1. The molecule has 3 rings (SSSR count). The molecule has 0 aliphatic carbocycles. The number of imide groups is 1. The third-order valence-electron chi connectivity index (χ3n) is 3.68. The summed E-state index contributed by atoms with van der Waals surface area (Å²) < 4.78 is 0. The highest BCUT2D eigenvalue weighted by atomic mass is 32.2. The van der Waals surface area contributed by atoms with Gasteiger partial charge in [-0.15, -0.1) is 0 Å². The summed E-state index contributed by atoms with van der Waals surface area (Å²) in [4.78, 5) is 36.8. The molecule has 0 saturated carbocycles. The molecule has 25 heavy (non-hydrogen) atoms. The van der Waals surface area contributed by atoms with Crippen LogP contribution in [0.1, 0.15) is 17.8 Å². The fraction of sp³-hybridized carbons (Fsp3) is 0.250. The van der Waals surface area contributed by atoms with Crippen LogP contribution in [0.3, 0.4) is 0 Å². The molecule has 1 atom stereocenters. The molecule has 4 amide bonds. The molecule has 8 nitrogen and oxygen atoms in total. The lowest BCUT2D eigenvalue weighted by atomic mass is 10.2. The fourth-order valence-corrected chi connectivity index (χ4v) is 3.44. The SMILES string of the molecule is Cc1n[nH]c(C)c1Sc1ccccc1NC(=O)C[C@@H]1NC(=O)NC1=O. The van der Waals surface area contributed by atoms with Crippen LogP contribution in [0.25, 0.3) is 0 Å². The van der Waals surface area contributed by atoms with Gasteiger partial charge >= 0.3 is 6.03 Å². The fourth-order valence-electron chi connectivity index (χ4n) is 2.45. The Morgan fingerprint density at radius 2 is 2.04 bits per heavy atom. The van der Waals surface area contributed by atoms with E-state index in [0.29, 0.717) is 5.69 Å². The molecule has 0 spiro atoms. The molecule has 1 saturated heterocycles. The zero-order valence-corrected chi connectivity index (χ0v) is 14.5. The predicted molar refractivity (Wildman–Crippen MR) is 92.3 cm³/mol. The molecule has 1 fully saturated rings. The summed E-state index contributed by atoms with van der Waals surface area (Å²) in [6.07, 6.45) is -0.125. The normalized spacial score (nSPS) is 16.5. The van der Waals surface area contributed by atoms with E-state index in [4.69, 9.17) is 0 Å². The number of aromatic amines is 1. The maximum atomic E-state index is 12.2. The molecule has 9 heteroatoms. The Labute approximate surface area is 148 Å². The third kappa shape index (κ3) is 3.82. The van der Waals surface area contributed by atoms with Crippen LogP contribution in [0, 0.1) is 13.8 Å². The molecule has 4 N–H and O–H groups in total. The number of para-hydroxylation sites is 1. The van der Waals surface area contributed by atoms with Crippen molar-refractivity contribution in [3.8, 4) is 0 Å². The quantitative estimate of drug-likeness (QED) is 0.607. The maximum absolute atomic E-state index is 12.2. The minimum Gasteiger partial charge on any atom is -0.325 e. The van der Waals surface area contributed by atoms with Crippen LogP contribution in [0.15, 0.2) is 34.1 Å². The average Bonchev–Trinajstić information content (AvgIpc) is 3.04. The van der Waals surface area contributed by atoms with Gasteiger partial charge in [-0.1, -0.05) is 23.9 Å². The monoisotopic (exact) mass is 359 g/mol. The van der Waals surface area contributed by atoms with E-state index in [9.17, 15) is 14.4 Å². The molecule has 0 unspecified atom stereocenters. The van der Waals surface area contributed by atoms with Gasteiger partial charge < -0.3 is 10.6 Å². The Hall–Kier alpha value is -2.81. The number of nitrogens with zero attached hydrogens (tertiary/aromatic N) is 1. The Bertz CT molecular complexity index is 829. The van der Waals surface area contributed by atoms with Crippen LogP contribution < -0.4 is 16.0 Å². The summed E-state index contributed by atoms with van der Waals surface area (Å²) in [5.41, 5.74) is 2.48. The van der Waals surface area contributed by atoms with Crippen molar-refractivity contribution >= 4 is 35.3 Å². The van der Waals surface area contributed by atoms with Gasteiger partial charge in [0.15, 0.2) is 0 Å². The molecule has 2 heterocycles.